The standard InChI is InChI=1S/C10H9BrO/c1-2-8-4-3-5-9(6-8)10(12)7-11/h1,3-6,10,12H,7H2. The van der Waals surface area contributed by atoms with Gasteiger partial charge in [-0.3, -0.25) is 0 Å². The fourth-order valence-electron chi connectivity index (χ4n) is 0.925. The number of aliphatic hydroxyl groups excluding tert-OH is 1. The van der Waals surface area contributed by atoms with E-state index in [-0.39, 0.29) is 0 Å². The molecule has 0 aliphatic rings. The summed E-state index contributed by atoms with van der Waals surface area (Å²) in [6, 6.07) is 7.35. The van der Waals surface area contributed by atoms with Crippen molar-refractivity contribution in [3.8, 4) is 12.3 Å². The van der Waals surface area contributed by atoms with Crippen LogP contribution in [0.5, 0.6) is 0 Å². The highest BCUT2D eigenvalue weighted by molar-refractivity contribution is 9.09. The van der Waals surface area contributed by atoms with Crippen molar-refractivity contribution in [2.75, 3.05) is 5.33 Å². The first kappa shape index (κ1) is 9.31. The Bertz CT molecular complexity index is 301. The summed E-state index contributed by atoms with van der Waals surface area (Å²) in [5, 5.41) is 9.96. The van der Waals surface area contributed by atoms with Crippen LogP contribution in [0.15, 0.2) is 24.3 Å². The van der Waals surface area contributed by atoms with Crippen molar-refractivity contribution in [1.82, 2.24) is 0 Å². The highest BCUT2D eigenvalue weighted by Crippen LogP contribution is 2.15. The van der Waals surface area contributed by atoms with E-state index in [1.165, 1.54) is 0 Å². The number of hydrogen-bond donors (Lipinski definition) is 1. The van der Waals surface area contributed by atoms with E-state index in [1.54, 1.807) is 0 Å². The molecule has 62 valence electrons. The van der Waals surface area contributed by atoms with Gasteiger partial charge in [-0.05, 0) is 17.7 Å². The molecule has 1 aromatic carbocycles. The Morgan fingerprint density at radius 2 is 2.33 bits per heavy atom. The predicted octanol–water partition coefficient (Wildman–Crippen LogP) is 2.10. The fourth-order valence-corrected chi connectivity index (χ4v) is 1.30. The Labute approximate surface area is 80.6 Å². The van der Waals surface area contributed by atoms with Gasteiger partial charge in [0.2, 0.25) is 0 Å². The minimum absolute atomic E-state index is 0.474. The smallest absolute Gasteiger partial charge is 0.0887 e. The third-order valence-electron chi connectivity index (χ3n) is 1.58. The molecule has 0 aliphatic heterocycles. The molecule has 12 heavy (non-hydrogen) atoms. The minimum atomic E-state index is -0.474. The Morgan fingerprint density at radius 1 is 1.58 bits per heavy atom. The predicted molar refractivity (Wildman–Crippen MR) is 53.1 cm³/mol. The summed E-state index contributed by atoms with van der Waals surface area (Å²) in [6.07, 6.45) is 4.74. The number of alkyl halides is 1. The molecule has 1 atom stereocenters. The van der Waals surface area contributed by atoms with Crippen molar-refractivity contribution < 1.29 is 5.11 Å². The Balaban J connectivity index is 2.95. The van der Waals surface area contributed by atoms with Crippen LogP contribution in [0.2, 0.25) is 0 Å². The number of hydrogen-bond acceptors (Lipinski definition) is 1. The summed E-state index contributed by atoms with van der Waals surface area (Å²) in [4.78, 5) is 0. The second-order valence-corrected chi connectivity index (χ2v) is 3.09. The summed E-state index contributed by atoms with van der Waals surface area (Å²) in [6.45, 7) is 0. The van der Waals surface area contributed by atoms with Gasteiger partial charge in [0.25, 0.3) is 0 Å². The fraction of sp³-hybridized carbons (Fsp3) is 0.200. The molecular formula is C10H9BrO. The molecule has 0 saturated carbocycles. The Hall–Kier alpha value is -0.780. The third-order valence-corrected chi connectivity index (χ3v) is 2.20. The number of rotatable bonds is 2. The molecule has 0 saturated heterocycles. The van der Waals surface area contributed by atoms with E-state index in [0.29, 0.717) is 5.33 Å². The highest BCUT2D eigenvalue weighted by Gasteiger charge is 2.04. The number of terminal acetylenes is 1. The maximum absolute atomic E-state index is 9.43. The zero-order chi connectivity index (χ0) is 8.97. The number of benzene rings is 1. The van der Waals surface area contributed by atoms with Crippen LogP contribution < -0.4 is 0 Å². The van der Waals surface area contributed by atoms with Crippen molar-refractivity contribution in [2.45, 2.75) is 6.10 Å². The second kappa shape index (κ2) is 4.30. The monoisotopic (exact) mass is 224 g/mol. The van der Waals surface area contributed by atoms with E-state index in [0.717, 1.165) is 11.1 Å². The maximum Gasteiger partial charge on any atom is 0.0887 e. The first-order chi connectivity index (χ1) is 5.77. The van der Waals surface area contributed by atoms with Crippen molar-refractivity contribution in [3.63, 3.8) is 0 Å². The lowest BCUT2D eigenvalue weighted by atomic mass is 10.1. The van der Waals surface area contributed by atoms with Gasteiger partial charge in [0.1, 0.15) is 0 Å². The van der Waals surface area contributed by atoms with Crippen molar-refractivity contribution in [1.29, 1.82) is 0 Å². The lowest BCUT2D eigenvalue weighted by Crippen LogP contribution is -1.97. The van der Waals surface area contributed by atoms with Crippen LogP contribution in [0.3, 0.4) is 0 Å². The lowest BCUT2D eigenvalue weighted by molar-refractivity contribution is 0.205. The summed E-state index contributed by atoms with van der Waals surface area (Å²) < 4.78 is 0. The first-order valence-corrected chi connectivity index (χ1v) is 4.70. The number of aliphatic hydroxyl groups is 1. The largest absolute Gasteiger partial charge is 0.388 e. The molecule has 0 bridgehead atoms. The van der Waals surface area contributed by atoms with Crippen LogP contribution in [-0.4, -0.2) is 10.4 Å². The molecule has 1 nitrogen and oxygen atoms in total. The van der Waals surface area contributed by atoms with E-state index < -0.39 is 6.10 Å². The Kier molecular flexibility index (Phi) is 3.33. The van der Waals surface area contributed by atoms with Gasteiger partial charge in [0, 0.05) is 10.9 Å². The average Bonchev–Trinajstić information content (AvgIpc) is 2.17. The molecule has 0 amide bonds. The molecule has 1 N–H and O–H groups in total. The molecular weight excluding hydrogens is 216 g/mol. The highest BCUT2D eigenvalue weighted by atomic mass is 79.9. The van der Waals surface area contributed by atoms with Gasteiger partial charge >= 0.3 is 0 Å². The summed E-state index contributed by atoms with van der Waals surface area (Å²) >= 11 is 3.20. The summed E-state index contributed by atoms with van der Waals surface area (Å²) in [5.74, 6) is 2.52. The lowest BCUT2D eigenvalue weighted by Gasteiger charge is -2.06. The van der Waals surface area contributed by atoms with E-state index in [2.05, 4.69) is 21.9 Å². The SMILES string of the molecule is C#Cc1cccc(C(O)CBr)c1. The maximum atomic E-state index is 9.43. The van der Waals surface area contributed by atoms with Gasteiger partial charge in [-0.25, -0.2) is 0 Å². The van der Waals surface area contributed by atoms with Crippen molar-refractivity contribution in [2.24, 2.45) is 0 Å². The van der Waals surface area contributed by atoms with E-state index >= 15 is 0 Å². The van der Waals surface area contributed by atoms with Crippen LogP contribution in [0, 0.1) is 12.3 Å². The van der Waals surface area contributed by atoms with E-state index in [1.807, 2.05) is 24.3 Å². The molecule has 0 aliphatic carbocycles. The molecule has 1 rings (SSSR count). The van der Waals surface area contributed by atoms with Crippen LogP contribution in [-0.2, 0) is 0 Å². The molecule has 1 unspecified atom stereocenters. The molecule has 0 heterocycles. The summed E-state index contributed by atoms with van der Waals surface area (Å²) in [5.41, 5.74) is 1.65. The van der Waals surface area contributed by atoms with E-state index in [4.69, 9.17) is 6.42 Å². The second-order valence-electron chi connectivity index (χ2n) is 2.44. The van der Waals surface area contributed by atoms with Gasteiger partial charge in [-0.2, -0.15) is 0 Å². The molecule has 2 heteroatoms. The zero-order valence-electron chi connectivity index (χ0n) is 6.50. The quantitative estimate of drug-likeness (QED) is 0.603. The van der Waals surface area contributed by atoms with Gasteiger partial charge < -0.3 is 5.11 Å². The van der Waals surface area contributed by atoms with E-state index in [9.17, 15) is 5.11 Å². The minimum Gasteiger partial charge on any atom is -0.388 e. The molecule has 0 spiro atoms. The van der Waals surface area contributed by atoms with Crippen LogP contribution >= 0.6 is 15.9 Å². The molecule has 1 aromatic rings. The zero-order valence-corrected chi connectivity index (χ0v) is 8.08. The van der Waals surface area contributed by atoms with Gasteiger partial charge in [-0.15, -0.1) is 6.42 Å². The number of halogens is 1. The van der Waals surface area contributed by atoms with Gasteiger partial charge in [0.15, 0.2) is 0 Å². The first-order valence-electron chi connectivity index (χ1n) is 3.58. The topological polar surface area (TPSA) is 20.2 Å². The average molecular weight is 225 g/mol. The Morgan fingerprint density at radius 3 is 2.92 bits per heavy atom. The molecule has 0 aromatic heterocycles. The molecule has 0 radical (unpaired) electrons. The van der Waals surface area contributed by atoms with Crippen molar-refractivity contribution >= 4 is 15.9 Å². The van der Waals surface area contributed by atoms with Gasteiger partial charge in [0.05, 0.1) is 6.10 Å². The van der Waals surface area contributed by atoms with Gasteiger partial charge in [-0.1, -0.05) is 34.0 Å². The molecule has 0 fully saturated rings. The third kappa shape index (κ3) is 2.10. The van der Waals surface area contributed by atoms with Crippen LogP contribution in [0.4, 0.5) is 0 Å². The van der Waals surface area contributed by atoms with Crippen LogP contribution in [0.25, 0.3) is 0 Å². The normalized spacial score (nSPS) is 12.1. The summed E-state index contributed by atoms with van der Waals surface area (Å²) in [7, 11) is 0. The van der Waals surface area contributed by atoms with Crippen molar-refractivity contribution in [3.05, 3.63) is 35.4 Å². The van der Waals surface area contributed by atoms with Crippen LogP contribution in [0.1, 0.15) is 17.2 Å².